The molecule has 0 saturated heterocycles. The van der Waals surface area contributed by atoms with Gasteiger partial charge in [0, 0.05) is 25.4 Å². The normalized spacial score (nSPS) is 11.2. The Morgan fingerprint density at radius 3 is 2.50 bits per heavy atom. The van der Waals surface area contributed by atoms with Gasteiger partial charge in [0.05, 0.1) is 7.11 Å². The van der Waals surface area contributed by atoms with E-state index in [1.165, 1.54) is 12.0 Å². The lowest BCUT2D eigenvalue weighted by atomic mass is 9.96. The van der Waals surface area contributed by atoms with E-state index in [-0.39, 0.29) is 29.5 Å². The van der Waals surface area contributed by atoms with Crippen LogP contribution in [0.25, 0.3) is 0 Å². The molecule has 0 bridgehead atoms. The fourth-order valence-electron chi connectivity index (χ4n) is 1.53. The van der Waals surface area contributed by atoms with Crippen molar-refractivity contribution >= 4 is 11.9 Å². The summed E-state index contributed by atoms with van der Waals surface area (Å²) in [6.45, 7) is 6.42. The van der Waals surface area contributed by atoms with Crippen LogP contribution in [0.2, 0.25) is 0 Å². The Labute approximate surface area is 118 Å². The number of methoxy groups -OCH3 is 1. The Morgan fingerprint density at radius 2 is 2.00 bits per heavy atom. The minimum Gasteiger partial charge on any atom is -0.469 e. The van der Waals surface area contributed by atoms with Gasteiger partial charge in [-0.3, -0.25) is 14.7 Å². The number of carbonyl (C=O) groups is 2. The van der Waals surface area contributed by atoms with E-state index in [1.54, 1.807) is 7.05 Å². The highest BCUT2D eigenvalue weighted by Crippen LogP contribution is 2.17. The van der Waals surface area contributed by atoms with Crippen LogP contribution in [0.1, 0.15) is 50.1 Å². The maximum Gasteiger partial charge on any atom is 0.305 e. The molecule has 1 heterocycles. The summed E-state index contributed by atoms with van der Waals surface area (Å²) in [5, 5.41) is 6.73. The van der Waals surface area contributed by atoms with Crippen molar-refractivity contribution in [1.29, 1.82) is 0 Å². The zero-order chi connectivity index (χ0) is 15.3. The van der Waals surface area contributed by atoms with Crippen molar-refractivity contribution < 1.29 is 14.3 Å². The van der Waals surface area contributed by atoms with Gasteiger partial charge in [0.25, 0.3) is 5.91 Å². The molecule has 1 aromatic heterocycles. The first-order chi connectivity index (χ1) is 9.25. The van der Waals surface area contributed by atoms with Crippen LogP contribution in [0, 0.1) is 0 Å². The molecule has 1 amide bonds. The third-order valence-corrected chi connectivity index (χ3v) is 2.84. The average molecular weight is 282 g/mol. The van der Waals surface area contributed by atoms with E-state index in [2.05, 4.69) is 19.9 Å². The topological polar surface area (TPSA) is 88.2 Å². The number of hydrogen-bond donors (Lipinski definition) is 1. The summed E-state index contributed by atoms with van der Waals surface area (Å²) in [7, 11) is 3.01. The molecule has 0 aliphatic rings. The molecule has 112 valence electrons. The van der Waals surface area contributed by atoms with E-state index in [1.807, 2.05) is 20.8 Å². The zero-order valence-electron chi connectivity index (χ0n) is 12.7. The molecule has 1 aromatic rings. The van der Waals surface area contributed by atoms with Crippen LogP contribution >= 0.6 is 0 Å². The van der Waals surface area contributed by atoms with Gasteiger partial charge in [0.2, 0.25) is 5.82 Å². The summed E-state index contributed by atoms with van der Waals surface area (Å²) in [6.07, 6.45) is 0.834. The average Bonchev–Trinajstić information content (AvgIpc) is 2.86. The van der Waals surface area contributed by atoms with E-state index in [0.717, 1.165) is 0 Å². The molecule has 0 aliphatic heterocycles. The van der Waals surface area contributed by atoms with E-state index >= 15 is 0 Å². The molecule has 0 fully saturated rings. The Kier molecular flexibility index (Phi) is 5.24. The predicted molar refractivity (Wildman–Crippen MR) is 73.3 cm³/mol. The Balaban J connectivity index is 2.57. The number of nitrogens with zero attached hydrogens (tertiary/aromatic N) is 3. The van der Waals surface area contributed by atoms with Crippen LogP contribution < -0.4 is 0 Å². The first kappa shape index (κ1) is 16.1. The highest BCUT2D eigenvalue weighted by molar-refractivity contribution is 5.90. The van der Waals surface area contributed by atoms with Crippen LogP contribution in [-0.4, -0.2) is 52.7 Å². The van der Waals surface area contributed by atoms with Gasteiger partial charge >= 0.3 is 5.97 Å². The van der Waals surface area contributed by atoms with Crippen LogP contribution in [0.15, 0.2) is 0 Å². The number of nitrogens with one attached hydrogen (secondary N) is 1. The molecule has 0 saturated carbocycles. The first-order valence-corrected chi connectivity index (χ1v) is 6.51. The van der Waals surface area contributed by atoms with E-state index < -0.39 is 0 Å². The molecular formula is C13H22N4O3. The van der Waals surface area contributed by atoms with Crippen molar-refractivity contribution in [2.45, 2.75) is 39.0 Å². The number of carbonyl (C=O) groups excluding carboxylic acids is 2. The van der Waals surface area contributed by atoms with E-state index in [0.29, 0.717) is 18.8 Å². The minimum absolute atomic E-state index is 0.149. The van der Waals surface area contributed by atoms with Crippen molar-refractivity contribution in [3.8, 4) is 0 Å². The zero-order valence-corrected chi connectivity index (χ0v) is 12.7. The Hall–Kier alpha value is -1.92. The molecule has 1 rings (SSSR count). The summed E-state index contributed by atoms with van der Waals surface area (Å²) in [5.74, 6) is 0.277. The first-order valence-electron chi connectivity index (χ1n) is 6.51. The molecule has 20 heavy (non-hydrogen) atoms. The number of amides is 1. The second kappa shape index (κ2) is 6.49. The number of esters is 1. The highest BCUT2D eigenvalue weighted by Gasteiger charge is 2.22. The van der Waals surface area contributed by atoms with E-state index in [4.69, 9.17) is 0 Å². The van der Waals surface area contributed by atoms with Gasteiger partial charge in [-0.2, -0.15) is 0 Å². The molecule has 0 aliphatic carbocycles. The molecule has 7 heteroatoms. The van der Waals surface area contributed by atoms with Gasteiger partial charge in [0.15, 0.2) is 0 Å². The van der Waals surface area contributed by atoms with Gasteiger partial charge in [-0.15, -0.1) is 5.10 Å². The maximum atomic E-state index is 12.1. The Bertz CT molecular complexity index is 476. The third kappa shape index (κ3) is 4.32. The maximum absolute atomic E-state index is 12.1. The van der Waals surface area contributed by atoms with Gasteiger partial charge in [0.1, 0.15) is 5.82 Å². The molecule has 0 radical (unpaired) electrons. The third-order valence-electron chi connectivity index (χ3n) is 2.84. The van der Waals surface area contributed by atoms with Crippen LogP contribution in [0.4, 0.5) is 0 Å². The lowest BCUT2D eigenvalue weighted by Crippen LogP contribution is -2.29. The molecule has 0 spiro atoms. The number of ether oxygens (including phenoxy) is 1. The number of aromatic nitrogens is 3. The standard InChI is InChI=1S/C13H22N4O3/c1-13(2,3)12-14-10(15-16-12)11(19)17(4)8-6-7-9(18)20-5/h6-8H2,1-5H3,(H,14,15,16). The number of aromatic amines is 1. The largest absolute Gasteiger partial charge is 0.469 e. The predicted octanol–water partition coefficient (Wildman–Crippen LogP) is 1.13. The summed E-state index contributed by atoms with van der Waals surface area (Å²) in [6, 6.07) is 0. The van der Waals surface area contributed by atoms with Crippen LogP contribution in [-0.2, 0) is 14.9 Å². The monoisotopic (exact) mass is 282 g/mol. The van der Waals surface area contributed by atoms with Crippen LogP contribution in [0.3, 0.4) is 0 Å². The molecule has 0 atom stereocenters. The smallest absolute Gasteiger partial charge is 0.305 e. The number of rotatable bonds is 5. The van der Waals surface area contributed by atoms with Crippen molar-refractivity contribution in [3.05, 3.63) is 11.6 Å². The number of H-pyrrole nitrogens is 1. The van der Waals surface area contributed by atoms with E-state index in [9.17, 15) is 9.59 Å². The van der Waals surface area contributed by atoms with Crippen molar-refractivity contribution in [2.75, 3.05) is 20.7 Å². The van der Waals surface area contributed by atoms with Gasteiger partial charge in [-0.25, -0.2) is 4.98 Å². The second-order valence-electron chi connectivity index (χ2n) is 5.66. The molecule has 1 N–H and O–H groups in total. The molecule has 0 aromatic carbocycles. The summed E-state index contributed by atoms with van der Waals surface area (Å²) < 4.78 is 4.55. The lowest BCUT2D eigenvalue weighted by Gasteiger charge is -2.15. The minimum atomic E-state index is -0.279. The fourth-order valence-corrected chi connectivity index (χ4v) is 1.53. The van der Waals surface area contributed by atoms with Gasteiger partial charge in [-0.1, -0.05) is 20.8 Å². The summed E-state index contributed by atoms with van der Waals surface area (Å²) in [5.41, 5.74) is -0.186. The SMILES string of the molecule is COC(=O)CCCN(C)C(=O)c1n[nH]c(C(C)(C)C)n1. The van der Waals surface area contributed by atoms with Gasteiger partial charge < -0.3 is 9.64 Å². The number of hydrogen-bond acceptors (Lipinski definition) is 5. The highest BCUT2D eigenvalue weighted by atomic mass is 16.5. The van der Waals surface area contributed by atoms with Crippen molar-refractivity contribution in [2.24, 2.45) is 0 Å². The summed E-state index contributed by atoms with van der Waals surface area (Å²) in [4.78, 5) is 28.8. The second-order valence-corrected chi connectivity index (χ2v) is 5.66. The quantitative estimate of drug-likeness (QED) is 0.818. The Morgan fingerprint density at radius 1 is 1.35 bits per heavy atom. The van der Waals surface area contributed by atoms with Crippen LogP contribution in [0.5, 0.6) is 0 Å². The van der Waals surface area contributed by atoms with Gasteiger partial charge in [-0.05, 0) is 6.42 Å². The molecule has 0 unspecified atom stereocenters. The summed E-state index contributed by atoms with van der Waals surface area (Å²) >= 11 is 0. The van der Waals surface area contributed by atoms with Crippen molar-refractivity contribution in [1.82, 2.24) is 20.1 Å². The molecular weight excluding hydrogens is 260 g/mol. The molecule has 7 nitrogen and oxygen atoms in total. The lowest BCUT2D eigenvalue weighted by molar-refractivity contribution is -0.140. The fraction of sp³-hybridized carbons (Fsp3) is 0.692. The van der Waals surface area contributed by atoms with Crippen molar-refractivity contribution in [3.63, 3.8) is 0 Å².